The van der Waals surface area contributed by atoms with Crippen molar-refractivity contribution in [2.45, 2.75) is 0 Å². The molecule has 0 aromatic heterocycles. The Labute approximate surface area is 114 Å². The number of rotatable bonds is 1. The van der Waals surface area contributed by atoms with E-state index in [1.807, 2.05) is 30.3 Å². The van der Waals surface area contributed by atoms with Crippen molar-refractivity contribution >= 4 is 38.5 Å². The first-order chi connectivity index (χ1) is 9.79. The fraction of sp³-hybridized carbons (Fsp3) is 0. The molecule has 0 saturated carbocycles. The molecule has 0 atom stereocenters. The van der Waals surface area contributed by atoms with Crippen LogP contribution >= 0.6 is 0 Å². The third-order valence-corrected chi connectivity index (χ3v) is 3.85. The molecule has 0 fully saturated rings. The van der Waals surface area contributed by atoms with Gasteiger partial charge in [0.15, 0.2) is 0 Å². The van der Waals surface area contributed by atoms with E-state index in [9.17, 15) is 5.11 Å². The van der Waals surface area contributed by atoms with Gasteiger partial charge < -0.3 is 10.3 Å². The van der Waals surface area contributed by atoms with Crippen molar-refractivity contribution in [3.63, 3.8) is 0 Å². The molecule has 0 bridgehead atoms. The van der Waals surface area contributed by atoms with Crippen molar-refractivity contribution in [1.82, 2.24) is 0 Å². The largest absolute Gasteiger partial charge is 0.507 e. The van der Waals surface area contributed by atoms with Gasteiger partial charge in [0.2, 0.25) is 0 Å². The lowest BCUT2D eigenvalue weighted by atomic mass is 9.92. The monoisotopic (exact) mass is 261 g/mol. The van der Waals surface area contributed by atoms with E-state index in [1.165, 1.54) is 6.21 Å². The van der Waals surface area contributed by atoms with Gasteiger partial charge >= 0.3 is 0 Å². The highest BCUT2D eigenvalue weighted by molar-refractivity contribution is 6.25. The number of hydrogen-bond donors (Lipinski definition) is 2. The molecule has 0 aliphatic rings. The summed E-state index contributed by atoms with van der Waals surface area (Å²) in [6.07, 6.45) is 1.25. The molecule has 0 radical (unpaired) electrons. The molecule has 2 N–H and O–H groups in total. The van der Waals surface area contributed by atoms with Crippen LogP contribution in [0, 0.1) is 0 Å². The first-order valence-corrected chi connectivity index (χ1v) is 6.36. The molecule has 20 heavy (non-hydrogen) atoms. The van der Waals surface area contributed by atoms with Gasteiger partial charge in [0.25, 0.3) is 0 Å². The Morgan fingerprint density at radius 1 is 0.850 bits per heavy atom. The van der Waals surface area contributed by atoms with Crippen molar-refractivity contribution < 1.29 is 10.3 Å². The molecule has 4 rings (SSSR count). The summed E-state index contributed by atoms with van der Waals surface area (Å²) in [6.45, 7) is 0. The lowest BCUT2D eigenvalue weighted by Crippen LogP contribution is -1.89. The first-order valence-electron chi connectivity index (χ1n) is 6.36. The van der Waals surface area contributed by atoms with Crippen LogP contribution in [0.1, 0.15) is 5.56 Å². The minimum atomic E-state index is 0.147. The van der Waals surface area contributed by atoms with E-state index >= 15 is 0 Å². The van der Waals surface area contributed by atoms with Crippen LogP contribution in [0.2, 0.25) is 0 Å². The summed E-state index contributed by atoms with van der Waals surface area (Å²) in [5.74, 6) is 0.147. The molecule has 96 valence electrons. The molecule has 0 aliphatic heterocycles. The fourth-order valence-corrected chi connectivity index (χ4v) is 2.98. The van der Waals surface area contributed by atoms with Gasteiger partial charge in [-0.2, -0.15) is 0 Å². The Morgan fingerprint density at radius 3 is 2.30 bits per heavy atom. The van der Waals surface area contributed by atoms with E-state index in [1.54, 1.807) is 0 Å². The summed E-state index contributed by atoms with van der Waals surface area (Å²) < 4.78 is 0. The minimum absolute atomic E-state index is 0.147. The number of phenols is 1. The number of oxime groups is 1. The lowest BCUT2D eigenvalue weighted by molar-refractivity contribution is 0.321. The van der Waals surface area contributed by atoms with E-state index in [0.717, 1.165) is 32.3 Å². The maximum atomic E-state index is 10.4. The van der Waals surface area contributed by atoms with Crippen LogP contribution in [0.25, 0.3) is 32.3 Å². The molecule has 3 nitrogen and oxygen atoms in total. The Kier molecular flexibility index (Phi) is 2.12. The highest BCUT2D eigenvalue weighted by Crippen LogP contribution is 2.39. The third kappa shape index (κ3) is 1.32. The summed E-state index contributed by atoms with van der Waals surface area (Å²) in [5, 5.41) is 28.4. The Bertz CT molecular complexity index is 957. The van der Waals surface area contributed by atoms with Crippen molar-refractivity contribution in [3.8, 4) is 5.75 Å². The second-order valence-electron chi connectivity index (χ2n) is 4.92. The van der Waals surface area contributed by atoms with Crippen LogP contribution in [-0.2, 0) is 0 Å². The molecule has 4 aromatic carbocycles. The Balaban J connectivity index is 2.32. The van der Waals surface area contributed by atoms with Crippen LogP contribution in [0.4, 0.5) is 0 Å². The smallest absolute Gasteiger partial charge is 0.132 e. The van der Waals surface area contributed by atoms with Gasteiger partial charge in [0.05, 0.1) is 6.21 Å². The standard InChI is InChI=1S/C17H11NO2/c19-17-13(9-18-20)8-12-5-4-10-2-1-3-11-6-7-14(17)16(12)15(10)11/h1-9,19-20H/b18-9-. The molecular formula is C17H11NO2. The van der Waals surface area contributed by atoms with Crippen LogP contribution < -0.4 is 0 Å². The second kappa shape index (κ2) is 3.84. The molecule has 0 unspecified atom stereocenters. The van der Waals surface area contributed by atoms with Gasteiger partial charge in [-0.15, -0.1) is 0 Å². The van der Waals surface area contributed by atoms with Gasteiger partial charge in [0.1, 0.15) is 5.75 Å². The van der Waals surface area contributed by atoms with Crippen molar-refractivity contribution in [1.29, 1.82) is 0 Å². The minimum Gasteiger partial charge on any atom is -0.507 e. The van der Waals surface area contributed by atoms with Crippen LogP contribution in [-0.4, -0.2) is 16.5 Å². The molecule has 0 amide bonds. The number of aromatic hydroxyl groups is 1. The first kappa shape index (κ1) is 11.1. The van der Waals surface area contributed by atoms with Gasteiger partial charge in [0, 0.05) is 16.3 Å². The van der Waals surface area contributed by atoms with E-state index in [0.29, 0.717) is 5.56 Å². The summed E-state index contributed by atoms with van der Waals surface area (Å²) in [4.78, 5) is 0. The van der Waals surface area contributed by atoms with Crippen molar-refractivity contribution in [3.05, 3.63) is 54.1 Å². The zero-order chi connectivity index (χ0) is 13.7. The quantitative estimate of drug-likeness (QED) is 0.234. The summed E-state index contributed by atoms with van der Waals surface area (Å²) in [5.41, 5.74) is 0.512. The van der Waals surface area contributed by atoms with Crippen molar-refractivity contribution in [2.75, 3.05) is 0 Å². The second-order valence-corrected chi connectivity index (χ2v) is 4.92. The number of hydrogen-bond acceptors (Lipinski definition) is 3. The zero-order valence-corrected chi connectivity index (χ0v) is 10.5. The molecule has 0 aliphatic carbocycles. The number of phenolic OH excluding ortho intramolecular Hbond substituents is 1. The van der Waals surface area contributed by atoms with Gasteiger partial charge in [-0.3, -0.25) is 0 Å². The third-order valence-electron chi connectivity index (χ3n) is 3.85. The molecule has 0 saturated heterocycles. The molecule has 4 aromatic rings. The normalized spacial score (nSPS) is 12.2. The SMILES string of the molecule is O/N=C\c1cc2ccc3cccc4ccc(c1O)c2c34. The zero-order valence-electron chi connectivity index (χ0n) is 10.5. The van der Waals surface area contributed by atoms with E-state index in [4.69, 9.17) is 5.21 Å². The van der Waals surface area contributed by atoms with Crippen LogP contribution in [0.5, 0.6) is 5.75 Å². The predicted octanol–water partition coefficient (Wildman–Crippen LogP) is 4.10. The predicted molar refractivity (Wildman–Crippen MR) is 81.2 cm³/mol. The summed E-state index contributed by atoms with van der Waals surface area (Å²) >= 11 is 0. The van der Waals surface area contributed by atoms with Crippen LogP contribution in [0.15, 0.2) is 53.7 Å². The highest BCUT2D eigenvalue weighted by Gasteiger charge is 2.13. The van der Waals surface area contributed by atoms with Gasteiger partial charge in [-0.05, 0) is 33.7 Å². The van der Waals surface area contributed by atoms with E-state index in [-0.39, 0.29) is 5.75 Å². The maximum absolute atomic E-state index is 10.4. The molecular weight excluding hydrogens is 250 g/mol. The maximum Gasteiger partial charge on any atom is 0.132 e. The average Bonchev–Trinajstić information content (AvgIpc) is 2.48. The Morgan fingerprint density at radius 2 is 1.55 bits per heavy atom. The van der Waals surface area contributed by atoms with Crippen LogP contribution in [0.3, 0.4) is 0 Å². The Hall–Kier alpha value is -2.81. The fourth-order valence-electron chi connectivity index (χ4n) is 2.98. The van der Waals surface area contributed by atoms with Gasteiger partial charge in [-0.25, -0.2) is 0 Å². The molecule has 0 heterocycles. The topological polar surface area (TPSA) is 52.8 Å². The highest BCUT2D eigenvalue weighted by atomic mass is 16.4. The lowest BCUT2D eigenvalue weighted by Gasteiger charge is -2.12. The molecule has 0 spiro atoms. The molecule has 3 heteroatoms. The average molecular weight is 261 g/mol. The van der Waals surface area contributed by atoms with E-state index in [2.05, 4.69) is 23.4 Å². The van der Waals surface area contributed by atoms with E-state index < -0.39 is 0 Å². The number of benzene rings is 4. The van der Waals surface area contributed by atoms with Crippen molar-refractivity contribution in [2.24, 2.45) is 5.16 Å². The number of nitrogens with zero attached hydrogens (tertiary/aromatic N) is 1. The summed E-state index contributed by atoms with van der Waals surface area (Å²) in [7, 11) is 0. The van der Waals surface area contributed by atoms with Gasteiger partial charge in [-0.1, -0.05) is 41.6 Å². The summed E-state index contributed by atoms with van der Waals surface area (Å²) in [6, 6.07) is 16.0.